The molecular formula is C11H21NO3S. The van der Waals surface area contributed by atoms with Crippen LogP contribution in [0.2, 0.25) is 0 Å². The summed E-state index contributed by atoms with van der Waals surface area (Å²) in [6.45, 7) is 4.87. The monoisotopic (exact) mass is 247 g/mol. The summed E-state index contributed by atoms with van der Waals surface area (Å²) in [7, 11) is -3.05. The molecule has 0 radical (unpaired) electrons. The molecule has 0 aromatic heterocycles. The molecule has 94 valence electrons. The standard InChI is InChI=1S/C11H21NO3S/c1-10-3-2-5-12(7-10)16(13,14)9-11-4-6-15-8-11/h10-11H,2-9H2,1H3. The third-order valence-corrected chi connectivity index (χ3v) is 5.49. The van der Waals surface area contributed by atoms with Crippen molar-refractivity contribution >= 4 is 10.0 Å². The maximum atomic E-state index is 12.2. The summed E-state index contributed by atoms with van der Waals surface area (Å²) in [5.41, 5.74) is 0. The van der Waals surface area contributed by atoms with Gasteiger partial charge in [-0.15, -0.1) is 0 Å². The lowest BCUT2D eigenvalue weighted by Crippen LogP contribution is -2.41. The molecule has 0 saturated carbocycles. The van der Waals surface area contributed by atoms with Crippen molar-refractivity contribution in [2.45, 2.75) is 26.2 Å². The molecule has 0 aromatic rings. The molecule has 0 amide bonds. The third kappa shape index (κ3) is 2.96. The Hall–Kier alpha value is -0.130. The lowest BCUT2D eigenvalue weighted by Gasteiger charge is -2.30. The Kier molecular flexibility index (Phi) is 3.87. The molecule has 0 spiro atoms. The molecule has 2 unspecified atom stereocenters. The molecule has 2 heterocycles. The highest BCUT2D eigenvalue weighted by atomic mass is 32.2. The predicted octanol–water partition coefficient (Wildman–Crippen LogP) is 1.08. The summed E-state index contributed by atoms with van der Waals surface area (Å²) in [6.07, 6.45) is 3.04. The lowest BCUT2D eigenvalue weighted by molar-refractivity contribution is 0.188. The number of sulfonamides is 1. The van der Waals surface area contributed by atoms with Gasteiger partial charge in [0.15, 0.2) is 0 Å². The van der Waals surface area contributed by atoms with Crippen LogP contribution in [0.3, 0.4) is 0 Å². The molecule has 0 aromatic carbocycles. The van der Waals surface area contributed by atoms with Crippen LogP contribution < -0.4 is 0 Å². The normalized spacial score (nSPS) is 33.1. The molecule has 4 nitrogen and oxygen atoms in total. The van der Waals surface area contributed by atoms with E-state index in [1.165, 1.54) is 0 Å². The SMILES string of the molecule is CC1CCCN(S(=O)(=O)CC2CCOC2)C1. The third-order valence-electron chi connectivity index (χ3n) is 3.48. The fourth-order valence-electron chi connectivity index (χ4n) is 2.52. The number of hydrogen-bond donors (Lipinski definition) is 0. The van der Waals surface area contributed by atoms with Crippen LogP contribution in [0.15, 0.2) is 0 Å². The molecule has 0 N–H and O–H groups in total. The summed E-state index contributed by atoms with van der Waals surface area (Å²) < 4.78 is 31.2. The molecule has 16 heavy (non-hydrogen) atoms. The molecule has 5 heteroatoms. The second kappa shape index (κ2) is 5.02. The van der Waals surface area contributed by atoms with Gasteiger partial charge in [0.05, 0.1) is 12.4 Å². The van der Waals surface area contributed by atoms with Gasteiger partial charge >= 0.3 is 0 Å². The van der Waals surface area contributed by atoms with Gasteiger partial charge in [0.1, 0.15) is 0 Å². The van der Waals surface area contributed by atoms with E-state index in [0.29, 0.717) is 25.6 Å². The van der Waals surface area contributed by atoms with Crippen molar-refractivity contribution in [3.63, 3.8) is 0 Å². The summed E-state index contributed by atoms with van der Waals surface area (Å²) in [4.78, 5) is 0. The highest BCUT2D eigenvalue weighted by Crippen LogP contribution is 2.22. The minimum atomic E-state index is -3.05. The fraction of sp³-hybridized carbons (Fsp3) is 1.00. The van der Waals surface area contributed by atoms with Crippen LogP contribution in [0.5, 0.6) is 0 Å². The van der Waals surface area contributed by atoms with Crippen LogP contribution >= 0.6 is 0 Å². The van der Waals surface area contributed by atoms with Crippen LogP contribution in [-0.2, 0) is 14.8 Å². The molecule has 0 bridgehead atoms. The van der Waals surface area contributed by atoms with Crippen LogP contribution in [-0.4, -0.2) is 44.8 Å². The first kappa shape index (κ1) is 12.3. The molecule has 2 saturated heterocycles. The van der Waals surface area contributed by atoms with Gasteiger partial charge in [-0.05, 0) is 31.1 Å². The summed E-state index contributed by atoms with van der Waals surface area (Å²) >= 11 is 0. The van der Waals surface area contributed by atoms with E-state index in [1.54, 1.807) is 4.31 Å². The average Bonchev–Trinajstić information content (AvgIpc) is 2.70. The van der Waals surface area contributed by atoms with Gasteiger partial charge < -0.3 is 4.74 Å². The summed E-state index contributed by atoms with van der Waals surface area (Å²) in [5.74, 6) is 0.991. The number of nitrogens with zero attached hydrogens (tertiary/aromatic N) is 1. The zero-order valence-corrected chi connectivity index (χ0v) is 10.7. The molecule has 2 aliphatic heterocycles. The van der Waals surface area contributed by atoms with Gasteiger partial charge in [0, 0.05) is 19.7 Å². The van der Waals surface area contributed by atoms with Crippen molar-refractivity contribution < 1.29 is 13.2 Å². The highest BCUT2D eigenvalue weighted by Gasteiger charge is 2.30. The van der Waals surface area contributed by atoms with Crippen molar-refractivity contribution in [2.24, 2.45) is 11.8 Å². The number of rotatable bonds is 3. The Labute approximate surface area is 98.0 Å². The Bertz CT molecular complexity index is 322. The maximum Gasteiger partial charge on any atom is 0.214 e. The minimum absolute atomic E-state index is 0.210. The Morgan fingerprint density at radius 2 is 2.19 bits per heavy atom. The maximum absolute atomic E-state index is 12.2. The largest absolute Gasteiger partial charge is 0.381 e. The number of hydrogen-bond acceptors (Lipinski definition) is 3. The Balaban J connectivity index is 1.94. The average molecular weight is 247 g/mol. The van der Waals surface area contributed by atoms with Crippen LogP contribution in [0.25, 0.3) is 0 Å². The topological polar surface area (TPSA) is 46.6 Å². The minimum Gasteiger partial charge on any atom is -0.381 e. The van der Waals surface area contributed by atoms with Crippen LogP contribution in [0, 0.1) is 11.8 Å². The van der Waals surface area contributed by atoms with Crippen LogP contribution in [0.1, 0.15) is 26.2 Å². The van der Waals surface area contributed by atoms with Gasteiger partial charge in [-0.25, -0.2) is 12.7 Å². The van der Waals surface area contributed by atoms with Gasteiger partial charge in [-0.2, -0.15) is 0 Å². The van der Waals surface area contributed by atoms with Crippen molar-refractivity contribution in [1.29, 1.82) is 0 Å². The molecule has 0 aliphatic carbocycles. The molecule has 2 aliphatic rings. The van der Waals surface area contributed by atoms with E-state index in [1.807, 2.05) is 0 Å². The van der Waals surface area contributed by atoms with Crippen molar-refractivity contribution in [3.05, 3.63) is 0 Å². The number of piperidine rings is 1. The first-order chi connectivity index (χ1) is 7.58. The lowest BCUT2D eigenvalue weighted by atomic mass is 10.0. The first-order valence-electron chi connectivity index (χ1n) is 6.13. The Morgan fingerprint density at radius 1 is 1.38 bits per heavy atom. The van der Waals surface area contributed by atoms with E-state index in [-0.39, 0.29) is 11.7 Å². The van der Waals surface area contributed by atoms with E-state index in [0.717, 1.165) is 25.9 Å². The zero-order valence-electron chi connectivity index (χ0n) is 9.89. The highest BCUT2D eigenvalue weighted by molar-refractivity contribution is 7.89. The van der Waals surface area contributed by atoms with Crippen molar-refractivity contribution in [2.75, 3.05) is 32.1 Å². The van der Waals surface area contributed by atoms with Crippen molar-refractivity contribution in [1.82, 2.24) is 4.31 Å². The molecule has 2 fully saturated rings. The smallest absolute Gasteiger partial charge is 0.214 e. The van der Waals surface area contributed by atoms with Gasteiger partial charge in [0.2, 0.25) is 10.0 Å². The number of ether oxygens (including phenoxy) is 1. The van der Waals surface area contributed by atoms with Gasteiger partial charge in [-0.3, -0.25) is 0 Å². The first-order valence-corrected chi connectivity index (χ1v) is 7.74. The van der Waals surface area contributed by atoms with Gasteiger partial charge in [0.25, 0.3) is 0 Å². The molecule has 2 rings (SSSR count). The van der Waals surface area contributed by atoms with E-state index < -0.39 is 10.0 Å². The molecular weight excluding hydrogens is 226 g/mol. The second-order valence-electron chi connectivity index (χ2n) is 5.11. The predicted molar refractivity (Wildman–Crippen MR) is 62.7 cm³/mol. The van der Waals surface area contributed by atoms with E-state index in [9.17, 15) is 8.42 Å². The fourth-order valence-corrected chi connectivity index (χ4v) is 4.48. The van der Waals surface area contributed by atoms with E-state index in [4.69, 9.17) is 4.74 Å². The second-order valence-corrected chi connectivity index (χ2v) is 7.13. The van der Waals surface area contributed by atoms with Crippen molar-refractivity contribution in [3.8, 4) is 0 Å². The molecule has 2 atom stereocenters. The van der Waals surface area contributed by atoms with E-state index >= 15 is 0 Å². The quantitative estimate of drug-likeness (QED) is 0.750. The van der Waals surface area contributed by atoms with Gasteiger partial charge in [-0.1, -0.05) is 6.92 Å². The summed E-state index contributed by atoms with van der Waals surface area (Å²) in [5, 5.41) is 0. The zero-order chi connectivity index (χ0) is 11.6. The van der Waals surface area contributed by atoms with E-state index in [2.05, 4.69) is 6.92 Å². The van der Waals surface area contributed by atoms with Crippen LogP contribution in [0.4, 0.5) is 0 Å². The summed E-state index contributed by atoms with van der Waals surface area (Å²) in [6, 6.07) is 0. The Morgan fingerprint density at radius 3 is 2.81 bits per heavy atom.